The molecule has 16 heavy (non-hydrogen) atoms. The van der Waals surface area contributed by atoms with Gasteiger partial charge in [-0.15, -0.1) is 0 Å². The van der Waals surface area contributed by atoms with Gasteiger partial charge in [-0.25, -0.2) is 0 Å². The van der Waals surface area contributed by atoms with Crippen molar-refractivity contribution in [3.05, 3.63) is 29.3 Å². The molecule has 2 rings (SSSR count). The largest absolute Gasteiger partial charge is 0.384 e. The second kappa shape index (κ2) is 6.09. The molecule has 0 aliphatic carbocycles. The second-order valence-corrected chi connectivity index (χ2v) is 4.33. The molecule has 0 spiro atoms. The molecule has 0 bridgehead atoms. The minimum atomic E-state index is 0.774. The Kier molecular flexibility index (Phi) is 4.45. The molecular formula is C12H17ClN2O. The van der Waals surface area contributed by atoms with Gasteiger partial charge >= 0.3 is 0 Å². The number of nitrogens with one attached hydrogen (secondary N) is 1. The first-order chi connectivity index (χ1) is 7.84. The normalized spacial score (nSPS) is 17.3. The van der Waals surface area contributed by atoms with E-state index in [1.165, 1.54) is 0 Å². The summed E-state index contributed by atoms with van der Waals surface area (Å²) >= 11 is 5.91. The Labute approximate surface area is 101 Å². The molecule has 1 saturated heterocycles. The number of hydrogen-bond donors (Lipinski definition) is 1. The lowest BCUT2D eigenvalue weighted by molar-refractivity contribution is 0.0398. The van der Waals surface area contributed by atoms with Crippen molar-refractivity contribution in [2.75, 3.05) is 44.7 Å². The molecule has 0 amide bonds. The minimum Gasteiger partial charge on any atom is -0.384 e. The second-order valence-electron chi connectivity index (χ2n) is 3.89. The third-order valence-electron chi connectivity index (χ3n) is 2.69. The van der Waals surface area contributed by atoms with Crippen molar-refractivity contribution in [1.82, 2.24) is 4.90 Å². The standard InChI is InChI=1S/C12H17ClN2O/c13-11-2-1-3-12(10-11)14-4-5-15-6-8-16-9-7-15/h1-3,10,14H,4-9H2. The van der Waals surface area contributed by atoms with E-state index in [1.54, 1.807) is 0 Å². The number of anilines is 1. The first-order valence-electron chi connectivity index (χ1n) is 5.64. The summed E-state index contributed by atoms with van der Waals surface area (Å²) < 4.78 is 5.30. The Hall–Kier alpha value is -0.770. The highest BCUT2D eigenvalue weighted by atomic mass is 35.5. The van der Waals surface area contributed by atoms with Crippen LogP contribution in [0.3, 0.4) is 0 Å². The van der Waals surface area contributed by atoms with Crippen LogP contribution in [0.2, 0.25) is 5.02 Å². The van der Waals surface area contributed by atoms with Crippen molar-refractivity contribution < 1.29 is 4.74 Å². The molecule has 1 aromatic carbocycles. The topological polar surface area (TPSA) is 24.5 Å². The van der Waals surface area contributed by atoms with Crippen LogP contribution >= 0.6 is 11.6 Å². The van der Waals surface area contributed by atoms with Crippen molar-refractivity contribution in [2.45, 2.75) is 0 Å². The molecule has 0 unspecified atom stereocenters. The van der Waals surface area contributed by atoms with Gasteiger partial charge in [0.15, 0.2) is 0 Å². The molecule has 1 aliphatic heterocycles. The fraction of sp³-hybridized carbons (Fsp3) is 0.500. The van der Waals surface area contributed by atoms with E-state index in [0.29, 0.717) is 0 Å². The van der Waals surface area contributed by atoms with Crippen molar-refractivity contribution in [3.8, 4) is 0 Å². The molecular weight excluding hydrogens is 224 g/mol. The number of nitrogens with zero attached hydrogens (tertiary/aromatic N) is 1. The predicted octanol–water partition coefficient (Wildman–Crippen LogP) is 2.08. The zero-order valence-electron chi connectivity index (χ0n) is 9.29. The number of halogens is 1. The third-order valence-corrected chi connectivity index (χ3v) is 2.92. The van der Waals surface area contributed by atoms with Crippen molar-refractivity contribution in [3.63, 3.8) is 0 Å². The number of benzene rings is 1. The lowest BCUT2D eigenvalue weighted by Gasteiger charge is -2.26. The molecule has 3 nitrogen and oxygen atoms in total. The van der Waals surface area contributed by atoms with Crippen LogP contribution in [0.25, 0.3) is 0 Å². The summed E-state index contributed by atoms with van der Waals surface area (Å²) in [6.07, 6.45) is 0. The molecule has 1 N–H and O–H groups in total. The Morgan fingerprint density at radius 3 is 2.88 bits per heavy atom. The van der Waals surface area contributed by atoms with Gasteiger partial charge < -0.3 is 10.1 Å². The maximum atomic E-state index is 5.91. The molecule has 1 fully saturated rings. The van der Waals surface area contributed by atoms with Gasteiger partial charge in [-0.3, -0.25) is 4.90 Å². The SMILES string of the molecule is Clc1cccc(NCCN2CCOCC2)c1. The van der Waals surface area contributed by atoms with Crippen LogP contribution in [0.5, 0.6) is 0 Å². The monoisotopic (exact) mass is 240 g/mol. The van der Waals surface area contributed by atoms with Gasteiger partial charge in [-0.05, 0) is 18.2 Å². The number of rotatable bonds is 4. The van der Waals surface area contributed by atoms with Gasteiger partial charge in [0.05, 0.1) is 13.2 Å². The van der Waals surface area contributed by atoms with Crippen molar-refractivity contribution in [1.29, 1.82) is 0 Å². The van der Waals surface area contributed by atoms with Crippen LogP contribution < -0.4 is 5.32 Å². The summed E-state index contributed by atoms with van der Waals surface area (Å²) in [5.41, 5.74) is 1.08. The Bertz CT molecular complexity index is 327. The third kappa shape index (κ3) is 3.67. The molecule has 0 atom stereocenters. The predicted molar refractivity (Wildman–Crippen MR) is 67.2 cm³/mol. The molecule has 1 heterocycles. The highest BCUT2D eigenvalue weighted by Gasteiger charge is 2.08. The van der Waals surface area contributed by atoms with Crippen molar-refractivity contribution >= 4 is 17.3 Å². The van der Waals surface area contributed by atoms with Gasteiger partial charge in [-0.2, -0.15) is 0 Å². The molecule has 1 aliphatic rings. The summed E-state index contributed by atoms with van der Waals surface area (Å²) in [6, 6.07) is 7.82. The molecule has 0 aromatic heterocycles. The summed E-state index contributed by atoms with van der Waals surface area (Å²) in [5, 5.41) is 4.14. The van der Waals surface area contributed by atoms with E-state index < -0.39 is 0 Å². The maximum absolute atomic E-state index is 5.91. The van der Waals surface area contributed by atoms with Crippen LogP contribution in [0, 0.1) is 0 Å². The smallest absolute Gasteiger partial charge is 0.0594 e. The van der Waals surface area contributed by atoms with Crippen LogP contribution in [-0.2, 0) is 4.74 Å². The van der Waals surface area contributed by atoms with E-state index in [4.69, 9.17) is 16.3 Å². The number of ether oxygens (including phenoxy) is 1. The molecule has 88 valence electrons. The van der Waals surface area contributed by atoms with Crippen LogP contribution in [-0.4, -0.2) is 44.3 Å². The van der Waals surface area contributed by atoms with Gasteiger partial charge in [-0.1, -0.05) is 17.7 Å². The summed E-state index contributed by atoms with van der Waals surface area (Å²) in [6.45, 7) is 5.79. The Morgan fingerprint density at radius 2 is 2.12 bits per heavy atom. The van der Waals surface area contributed by atoms with Gasteiger partial charge in [0.1, 0.15) is 0 Å². The van der Waals surface area contributed by atoms with Crippen LogP contribution in [0.15, 0.2) is 24.3 Å². The van der Waals surface area contributed by atoms with Gasteiger partial charge in [0, 0.05) is 36.9 Å². The van der Waals surface area contributed by atoms with Crippen molar-refractivity contribution in [2.24, 2.45) is 0 Å². The lowest BCUT2D eigenvalue weighted by Crippen LogP contribution is -2.38. The van der Waals surface area contributed by atoms with Crippen LogP contribution in [0.1, 0.15) is 0 Å². The molecule has 1 aromatic rings. The molecule has 0 saturated carbocycles. The first kappa shape index (κ1) is 11.7. The summed E-state index contributed by atoms with van der Waals surface area (Å²) in [7, 11) is 0. The summed E-state index contributed by atoms with van der Waals surface area (Å²) in [5.74, 6) is 0. The zero-order chi connectivity index (χ0) is 11.2. The Morgan fingerprint density at radius 1 is 1.31 bits per heavy atom. The average molecular weight is 241 g/mol. The first-order valence-corrected chi connectivity index (χ1v) is 6.02. The summed E-state index contributed by atoms with van der Waals surface area (Å²) in [4.78, 5) is 2.40. The molecule has 0 radical (unpaired) electrons. The van der Waals surface area contributed by atoms with E-state index >= 15 is 0 Å². The highest BCUT2D eigenvalue weighted by Crippen LogP contribution is 2.14. The minimum absolute atomic E-state index is 0.774. The van der Waals surface area contributed by atoms with E-state index in [1.807, 2.05) is 24.3 Å². The number of morpholine rings is 1. The zero-order valence-corrected chi connectivity index (χ0v) is 10.0. The lowest BCUT2D eigenvalue weighted by atomic mass is 10.3. The van der Waals surface area contributed by atoms with Gasteiger partial charge in [0.2, 0.25) is 0 Å². The number of hydrogen-bond acceptors (Lipinski definition) is 3. The van der Waals surface area contributed by atoms with Gasteiger partial charge in [0.25, 0.3) is 0 Å². The average Bonchev–Trinajstić information content (AvgIpc) is 2.30. The maximum Gasteiger partial charge on any atom is 0.0594 e. The quantitative estimate of drug-likeness (QED) is 0.872. The van der Waals surface area contributed by atoms with E-state index in [0.717, 1.165) is 50.1 Å². The fourth-order valence-electron chi connectivity index (χ4n) is 1.78. The van der Waals surface area contributed by atoms with Crippen LogP contribution in [0.4, 0.5) is 5.69 Å². The molecule has 4 heteroatoms. The fourth-order valence-corrected chi connectivity index (χ4v) is 1.97. The highest BCUT2D eigenvalue weighted by molar-refractivity contribution is 6.30. The Balaban J connectivity index is 1.71. The van der Waals surface area contributed by atoms with E-state index in [2.05, 4.69) is 10.2 Å². The van der Waals surface area contributed by atoms with E-state index in [-0.39, 0.29) is 0 Å². The van der Waals surface area contributed by atoms with E-state index in [9.17, 15) is 0 Å².